The molecule has 1 aromatic carbocycles. The van der Waals surface area contributed by atoms with Crippen LogP contribution in [0.4, 0.5) is 0 Å². The number of hydrogen-bond acceptors (Lipinski definition) is 3. The van der Waals surface area contributed by atoms with E-state index in [1.54, 1.807) is 6.20 Å². The Morgan fingerprint density at radius 3 is 3.00 bits per heavy atom. The van der Waals surface area contributed by atoms with Crippen molar-refractivity contribution in [3.8, 4) is 5.75 Å². The molecule has 0 aliphatic carbocycles. The zero-order valence-electron chi connectivity index (χ0n) is 9.34. The number of aromatic nitrogens is 1. The minimum atomic E-state index is -0.665. The number of ether oxygens (including phenoxy) is 1. The van der Waals surface area contributed by atoms with Gasteiger partial charge in [0.2, 0.25) is 0 Å². The molecule has 1 N–H and O–H groups in total. The average molecular weight is 227 g/mol. The van der Waals surface area contributed by atoms with Gasteiger partial charge in [0.1, 0.15) is 11.9 Å². The number of pyridine rings is 1. The van der Waals surface area contributed by atoms with Crippen molar-refractivity contribution in [2.75, 3.05) is 6.61 Å². The Balaban J connectivity index is 1.94. The molecular weight excluding hydrogens is 214 g/mol. The lowest BCUT2D eigenvalue weighted by Crippen LogP contribution is -2.02. The van der Waals surface area contributed by atoms with Crippen LogP contribution >= 0.6 is 0 Å². The Morgan fingerprint density at radius 2 is 2.18 bits per heavy atom. The summed E-state index contributed by atoms with van der Waals surface area (Å²) in [7, 11) is 0. The molecular formula is C14H13NO2. The summed E-state index contributed by atoms with van der Waals surface area (Å²) < 4.78 is 5.44. The van der Waals surface area contributed by atoms with Crippen LogP contribution in [0.3, 0.4) is 0 Å². The van der Waals surface area contributed by atoms with Crippen LogP contribution in [-0.2, 0) is 6.42 Å². The molecule has 1 aromatic heterocycles. The first kappa shape index (κ1) is 10.3. The average Bonchev–Trinajstić information content (AvgIpc) is 2.86. The largest absolute Gasteiger partial charge is 0.493 e. The van der Waals surface area contributed by atoms with Gasteiger partial charge in [-0.25, -0.2) is 0 Å². The van der Waals surface area contributed by atoms with Gasteiger partial charge < -0.3 is 9.84 Å². The number of nitrogens with zero attached hydrogens (tertiary/aromatic N) is 1. The van der Waals surface area contributed by atoms with Gasteiger partial charge in [0.25, 0.3) is 0 Å². The van der Waals surface area contributed by atoms with Crippen LogP contribution in [0.5, 0.6) is 5.75 Å². The third-order valence-corrected chi connectivity index (χ3v) is 3.00. The summed E-state index contributed by atoms with van der Waals surface area (Å²) in [5.74, 6) is 0.932. The van der Waals surface area contributed by atoms with Crippen molar-refractivity contribution >= 4 is 0 Å². The van der Waals surface area contributed by atoms with Crippen molar-refractivity contribution in [1.82, 2.24) is 4.98 Å². The molecule has 86 valence electrons. The predicted molar refractivity (Wildman–Crippen MR) is 63.9 cm³/mol. The zero-order valence-corrected chi connectivity index (χ0v) is 9.34. The highest BCUT2D eigenvalue weighted by Gasteiger charge is 2.16. The molecule has 3 rings (SSSR count). The van der Waals surface area contributed by atoms with E-state index in [0.29, 0.717) is 5.69 Å². The van der Waals surface area contributed by atoms with Crippen molar-refractivity contribution in [3.63, 3.8) is 0 Å². The second kappa shape index (κ2) is 4.18. The number of benzene rings is 1. The fourth-order valence-electron chi connectivity index (χ4n) is 2.09. The van der Waals surface area contributed by atoms with E-state index >= 15 is 0 Å². The lowest BCUT2D eigenvalue weighted by atomic mass is 10.0. The molecule has 0 radical (unpaired) electrons. The molecule has 1 aliphatic rings. The van der Waals surface area contributed by atoms with Crippen LogP contribution in [0, 0.1) is 0 Å². The van der Waals surface area contributed by atoms with Crippen molar-refractivity contribution < 1.29 is 9.84 Å². The number of rotatable bonds is 2. The Hall–Kier alpha value is -1.87. The van der Waals surface area contributed by atoms with Crippen LogP contribution in [0.15, 0.2) is 42.6 Å². The van der Waals surface area contributed by atoms with E-state index in [1.165, 1.54) is 0 Å². The standard InChI is InChI=1S/C14H13NO2/c16-14(12-3-1-2-7-15-12)11-4-5-13-10(9-11)6-8-17-13/h1-5,7,9,14,16H,6,8H2. The van der Waals surface area contributed by atoms with Gasteiger partial charge >= 0.3 is 0 Å². The first-order valence-electron chi connectivity index (χ1n) is 5.69. The van der Waals surface area contributed by atoms with Crippen LogP contribution < -0.4 is 4.74 Å². The fourth-order valence-corrected chi connectivity index (χ4v) is 2.09. The molecule has 0 saturated heterocycles. The van der Waals surface area contributed by atoms with E-state index in [2.05, 4.69) is 4.98 Å². The van der Waals surface area contributed by atoms with Crippen molar-refractivity contribution in [1.29, 1.82) is 0 Å². The second-order valence-corrected chi connectivity index (χ2v) is 4.12. The molecule has 3 nitrogen and oxygen atoms in total. The Bertz CT molecular complexity index is 525. The van der Waals surface area contributed by atoms with E-state index in [4.69, 9.17) is 4.74 Å². The van der Waals surface area contributed by atoms with Crippen LogP contribution in [0.2, 0.25) is 0 Å². The fraction of sp³-hybridized carbons (Fsp3) is 0.214. The maximum atomic E-state index is 10.2. The van der Waals surface area contributed by atoms with Crippen molar-refractivity contribution in [2.24, 2.45) is 0 Å². The molecule has 2 heterocycles. The number of fused-ring (bicyclic) bond motifs is 1. The predicted octanol–water partition coefficient (Wildman–Crippen LogP) is 2.10. The van der Waals surface area contributed by atoms with Crippen LogP contribution in [0.25, 0.3) is 0 Å². The molecule has 0 amide bonds. The first-order chi connectivity index (χ1) is 8.34. The van der Waals surface area contributed by atoms with Gasteiger partial charge in [-0.1, -0.05) is 12.1 Å². The molecule has 1 aliphatic heterocycles. The lowest BCUT2D eigenvalue weighted by molar-refractivity contribution is 0.215. The summed E-state index contributed by atoms with van der Waals surface area (Å²) in [6.07, 6.45) is 1.94. The topological polar surface area (TPSA) is 42.4 Å². The first-order valence-corrected chi connectivity index (χ1v) is 5.69. The third-order valence-electron chi connectivity index (χ3n) is 3.00. The van der Waals surface area contributed by atoms with E-state index in [9.17, 15) is 5.11 Å². The molecule has 3 heteroatoms. The van der Waals surface area contributed by atoms with E-state index in [0.717, 1.165) is 29.9 Å². The monoisotopic (exact) mass is 227 g/mol. The summed E-state index contributed by atoms with van der Waals surface area (Å²) >= 11 is 0. The Labute approximate surface area is 99.7 Å². The van der Waals surface area contributed by atoms with E-state index in [1.807, 2.05) is 36.4 Å². The summed E-state index contributed by atoms with van der Waals surface area (Å²) in [4.78, 5) is 4.17. The molecule has 0 spiro atoms. The van der Waals surface area contributed by atoms with Gasteiger partial charge in [0.05, 0.1) is 12.3 Å². The maximum absolute atomic E-state index is 10.2. The van der Waals surface area contributed by atoms with E-state index in [-0.39, 0.29) is 0 Å². The van der Waals surface area contributed by atoms with Gasteiger partial charge in [-0.3, -0.25) is 4.98 Å². The van der Waals surface area contributed by atoms with Crippen molar-refractivity contribution in [3.05, 3.63) is 59.4 Å². The normalized spacial score (nSPS) is 15.1. The summed E-state index contributed by atoms with van der Waals surface area (Å²) in [5.41, 5.74) is 2.71. The van der Waals surface area contributed by atoms with Gasteiger partial charge in [-0.2, -0.15) is 0 Å². The third kappa shape index (κ3) is 1.89. The molecule has 2 aromatic rings. The molecule has 0 bridgehead atoms. The van der Waals surface area contributed by atoms with Crippen LogP contribution in [0.1, 0.15) is 22.9 Å². The Kier molecular flexibility index (Phi) is 2.53. The molecule has 17 heavy (non-hydrogen) atoms. The van der Waals surface area contributed by atoms with Gasteiger partial charge in [0, 0.05) is 12.6 Å². The highest BCUT2D eigenvalue weighted by Crippen LogP contribution is 2.29. The van der Waals surface area contributed by atoms with Gasteiger partial charge in [-0.05, 0) is 35.4 Å². The molecule has 1 unspecified atom stereocenters. The van der Waals surface area contributed by atoms with Gasteiger partial charge in [0.15, 0.2) is 0 Å². The van der Waals surface area contributed by atoms with E-state index < -0.39 is 6.10 Å². The molecule has 0 saturated carbocycles. The quantitative estimate of drug-likeness (QED) is 0.854. The maximum Gasteiger partial charge on any atom is 0.122 e. The number of hydrogen-bond donors (Lipinski definition) is 1. The van der Waals surface area contributed by atoms with Crippen molar-refractivity contribution in [2.45, 2.75) is 12.5 Å². The lowest BCUT2D eigenvalue weighted by Gasteiger charge is -2.11. The summed E-state index contributed by atoms with van der Waals surface area (Å²) in [5, 5.41) is 10.2. The highest BCUT2D eigenvalue weighted by molar-refractivity contribution is 5.41. The molecule has 1 atom stereocenters. The number of aliphatic hydroxyl groups excluding tert-OH is 1. The summed E-state index contributed by atoms with van der Waals surface area (Å²) in [6, 6.07) is 11.4. The molecule has 0 fully saturated rings. The smallest absolute Gasteiger partial charge is 0.122 e. The Morgan fingerprint density at radius 1 is 1.24 bits per heavy atom. The zero-order chi connectivity index (χ0) is 11.7. The van der Waals surface area contributed by atoms with Gasteiger partial charge in [-0.15, -0.1) is 0 Å². The minimum absolute atomic E-state index is 0.665. The second-order valence-electron chi connectivity index (χ2n) is 4.12. The SMILES string of the molecule is OC(c1ccc2c(c1)CCO2)c1ccccn1. The minimum Gasteiger partial charge on any atom is -0.493 e. The highest BCUT2D eigenvalue weighted by atomic mass is 16.5. The summed E-state index contributed by atoms with van der Waals surface area (Å²) in [6.45, 7) is 0.735. The van der Waals surface area contributed by atoms with Crippen LogP contribution in [-0.4, -0.2) is 16.7 Å². The number of aliphatic hydroxyl groups is 1.